The van der Waals surface area contributed by atoms with Gasteiger partial charge in [0.15, 0.2) is 5.82 Å². The Bertz CT molecular complexity index is 2500. The largest absolute Gasteiger partial charge is 0.228 e. The quantitative estimate of drug-likeness (QED) is 0.165. The van der Waals surface area contributed by atoms with E-state index in [9.17, 15) is 0 Å². The zero-order chi connectivity index (χ0) is 34.4. The van der Waals surface area contributed by atoms with Gasteiger partial charge in [-0.1, -0.05) is 183 Å². The van der Waals surface area contributed by atoms with Crippen molar-refractivity contribution in [2.75, 3.05) is 0 Å². The molecule has 0 N–H and O–H groups in total. The summed E-state index contributed by atoms with van der Waals surface area (Å²) >= 11 is 0. The van der Waals surface area contributed by atoms with Crippen LogP contribution in [0.25, 0.3) is 78.4 Å². The van der Waals surface area contributed by atoms with Crippen LogP contribution in [0.2, 0.25) is 13.1 Å². The van der Waals surface area contributed by atoms with Crippen LogP contribution in [0.4, 0.5) is 0 Å². The average Bonchev–Trinajstić information content (AvgIpc) is 3.44. The summed E-state index contributed by atoms with van der Waals surface area (Å²) < 4.78 is 0. The van der Waals surface area contributed by atoms with Crippen LogP contribution in [0.3, 0.4) is 0 Å². The van der Waals surface area contributed by atoms with E-state index in [1.165, 1.54) is 44.1 Å². The van der Waals surface area contributed by atoms with Crippen molar-refractivity contribution in [3.05, 3.63) is 182 Å². The van der Waals surface area contributed by atoms with Crippen LogP contribution in [-0.4, -0.2) is 18.0 Å². The SMILES string of the molecule is C[Si]1(C)c2ccccc2-c2cc(-c3ccc(-c4ccc(-c5nc(-c6ccccc6)cc(-c6ccc(-c7ccccc7)cc6)n5)cc4)cc3)ccc21. The summed E-state index contributed by atoms with van der Waals surface area (Å²) in [5, 5.41) is 3.08. The van der Waals surface area contributed by atoms with E-state index in [1.807, 2.05) is 12.1 Å². The minimum atomic E-state index is -1.65. The van der Waals surface area contributed by atoms with Crippen LogP contribution < -0.4 is 10.4 Å². The summed E-state index contributed by atoms with van der Waals surface area (Å²) in [5.41, 5.74) is 15.0. The van der Waals surface area contributed by atoms with Gasteiger partial charge < -0.3 is 0 Å². The highest BCUT2D eigenvalue weighted by molar-refractivity contribution is 7.03. The first-order valence-corrected chi connectivity index (χ1v) is 20.6. The van der Waals surface area contributed by atoms with Gasteiger partial charge in [0.1, 0.15) is 8.07 Å². The molecule has 2 nitrogen and oxygen atoms in total. The lowest BCUT2D eigenvalue weighted by Crippen LogP contribution is -2.49. The van der Waals surface area contributed by atoms with Crippen molar-refractivity contribution in [3.8, 4) is 78.4 Å². The third kappa shape index (κ3) is 5.72. The number of hydrogen-bond acceptors (Lipinski definition) is 2. The predicted octanol–water partition coefficient (Wildman–Crippen LogP) is 11.3. The smallest absolute Gasteiger partial charge is 0.160 e. The van der Waals surface area contributed by atoms with Crippen molar-refractivity contribution < 1.29 is 0 Å². The fourth-order valence-corrected chi connectivity index (χ4v) is 10.6. The number of aromatic nitrogens is 2. The molecular formula is C48H36N2Si. The summed E-state index contributed by atoms with van der Waals surface area (Å²) in [6.07, 6.45) is 0. The molecule has 0 atom stereocenters. The Morgan fingerprint density at radius 3 is 1.29 bits per heavy atom. The van der Waals surface area contributed by atoms with Crippen LogP contribution in [0.1, 0.15) is 0 Å². The molecular weight excluding hydrogens is 633 g/mol. The Kier molecular flexibility index (Phi) is 7.64. The Balaban J connectivity index is 1.01. The fourth-order valence-electron chi connectivity index (χ4n) is 7.51. The monoisotopic (exact) mass is 668 g/mol. The van der Waals surface area contributed by atoms with Crippen molar-refractivity contribution in [1.29, 1.82) is 0 Å². The van der Waals surface area contributed by atoms with Crippen molar-refractivity contribution in [2.24, 2.45) is 0 Å². The molecule has 0 radical (unpaired) electrons. The molecule has 1 aliphatic rings. The lowest BCUT2D eigenvalue weighted by atomic mass is 9.97. The van der Waals surface area contributed by atoms with Gasteiger partial charge in [-0.15, -0.1) is 0 Å². The highest BCUT2D eigenvalue weighted by atomic mass is 28.3. The van der Waals surface area contributed by atoms with Gasteiger partial charge in [0.2, 0.25) is 0 Å². The molecule has 1 aromatic heterocycles. The van der Waals surface area contributed by atoms with Gasteiger partial charge in [0.05, 0.1) is 11.4 Å². The molecule has 8 aromatic rings. The Hall–Kier alpha value is -6.16. The Morgan fingerprint density at radius 1 is 0.314 bits per heavy atom. The summed E-state index contributed by atoms with van der Waals surface area (Å²) in [6, 6.07) is 65.2. The lowest BCUT2D eigenvalue weighted by Gasteiger charge is -2.18. The second-order valence-electron chi connectivity index (χ2n) is 13.9. The second kappa shape index (κ2) is 12.6. The lowest BCUT2D eigenvalue weighted by molar-refractivity contribution is 1.18. The van der Waals surface area contributed by atoms with Gasteiger partial charge in [-0.2, -0.15) is 0 Å². The van der Waals surface area contributed by atoms with Gasteiger partial charge in [0, 0.05) is 16.7 Å². The minimum Gasteiger partial charge on any atom is -0.228 e. The number of rotatable bonds is 6. The number of nitrogens with zero attached hydrogens (tertiary/aromatic N) is 2. The molecule has 51 heavy (non-hydrogen) atoms. The second-order valence-corrected chi connectivity index (χ2v) is 18.2. The molecule has 2 heterocycles. The highest BCUT2D eigenvalue weighted by Gasteiger charge is 2.37. The maximum Gasteiger partial charge on any atom is 0.160 e. The van der Waals surface area contributed by atoms with E-state index in [1.54, 1.807) is 5.19 Å². The van der Waals surface area contributed by atoms with Gasteiger partial charge in [0.25, 0.3) is 0 Å². The molecule has 1 aliphatic heterocycles. The van der Waals surface area contributed by atoms with Crippen molar-refractivity contribution in [1.82, 2.24) is 9.97 Å². The molecule has 9 rings (SSSR count). The van der Waals surface area contributed by atoms with Crippen LogP contribution in [0.5, 0.6) is 0 Å². The van der Waals surface area contributed by atoms with E-state index in [0.717, 1.165) is 33.6 Å². The summed E-state index contributed by atoms with van der Waals surface area (Å²) in [7, 11) is -1.65. The number of fused-ring (bicyclic) bond motifs is 3. The maximum absolute atomic E-state index is 5.09. The molecule has 0 bridgehead atoms. The van der Waals surface area contributed by atoms with E-state index < -0.39 is 8.07 Å². The normalized spacial score (nSPS) is 12.7. The molecule has 0 aliphatic carbocycles. The van der Waals surface area contributed by atoms with Gasteiger partial charge in [-0.05, 0) is 67.0 Å². The first kappa shape index (κ1) is 30.9. The summed E-state index contributed by atoms with van der Waals surface area (Å²) in [4.78, 5) is 10.1. The Morgan fingerprint density at radius 2 is 0.706 bits per heavy atom. The first-order chi connectivity index (χ1) is 25.0. The van der Waals surface area contributed by atoms with Crippen LogP contribution >= 0.6 is 0 Å². The number of hydrogen-bond donors (Lipinski definition) is 0. The summed E-state index contributed by atoms with van der Waals surface area (Å²) in [6.45, 7) is 4.93. The van der Waals surface area contributed by atoms with Crippen molar-refractivity contribution in [2.45, 2.75) is 13.1 Å². The predicted molar refractivity (Wildman–Crippen MR) is 217 cm³/mol. The molecule has 242 valence electrons. The third-order valence-electron chi connectivity index (χ3n) is 10.4. The van der Waals surface area contributed by atoms with Gasteiger partial charge >= 0.3 is 0 Å². The molecule has 0 unspecified atom stereocenters. The minimum absolute atomic E-state index is 0.713. The maximum atomic E-state index is 5.09. The average molecular weight is 669 g/mol. The molecule has 0 saturated heterocycles. The molecule has 7 aromatic carbocycles. The van der Waals surface area contributed by atoms with Crippen LogP contribution in [-0.2, 0) is 0 Å². The molecule has 0 spiro atoms. The van der Waals surface area contributed by atoms with E-state index in [0.29, 0.717) is 5.82 Å². The molecule has 0 amide bonds. The highest BCUT2D eigenvalue weighted by Crippen LogP contribution is 2.34. The zero-order valence-corrected chi connectivity index (χ0v) is 29.7. The van der Waals surface area contributed by atoms with Gasteiger partial charge in [-0.3, -0.25) is 0 Å². The first-order valence-electron chi connectivity index (χ1n) is 17.6. The standard InChI is InChI=1S/C48H36N2Si/c1-51(2)46-16-10-9-15-42(46)43-31-41(29-30-47(43)51)37-19-17-35(18-20-37)36-23-27-40(28-24-36)48-49-44(38-13-7-4-8-14-38)32-45(50-48)39-25-21-34(22-26-39)33-11-5-3-6-12-33/h3-32H,1-2H3. The molecule has 0 fully saturated rings. The van der Waals surface area contributed by atoms with Crippen LogP contribution in [0, 0.1) is 0 Å². The van der Waals surface area contributed by atoms with E-state index >= 15 is 0 Å². The summed E-state index contributed by atoms with van der Waals surface area (Å²) in [5.74, 6) is 0.713. The zero-order valence-electron chi connectivity index (χ0n) is 28.7. The van der Waals surface area contributed by atoms with Crippen molar-refractivity contribution >= 4 is 18.4 Å². The number of benzene rings is 7. The Labute approximate surface area is 300 Å². The van der Waals surface area contributed by atoms with Crippen molar-refractivity contribution in [3.63, 3.8) is 0 Å². The van der Waals surface area contributed by atoms with Crippen LogP contribution in [0.15, 0.2) is 182 Å². The van der Waals surface area contributed by atoms with E-state index in [2.05, 4.69) is 183 Å². The van der Waals surface area contributed by atoms with E-state index in [-0.39, 0.29) is 0 Å². The van der Waals surface area contributed by atoms with Gasteiger partial charge in [-0.25, -0.2) is 9.97 Å². The molecule has 0 saturated carbocycles. The third-order valence-corrected chi connectivity index (χ3v) is 13.9. The topological polar surface area (TPSA) is 25.8 Å². The van der Waals surface area contributed by atoms with E-state index in [4.69, 9.17) is 9.97 Å². The fraction of sp³-hybridized carbons (Fsp3) is 0.0417. The molecule has 3 heteroatoms.